The van der Waals surface area contributed by atoms with Crippen LogP contribution < -0.4 is 5.73 Å². The number of aryl methyl sites for hydroxylation is 1. The molecular formula is C14H16N4O. The van der Waals surface area contributed by atoms with Crippen LogP contribution in [0.4, 0.5) is 0 Å². The maximum absolute atomic E-state index is 6.26. The highest BCUT2D eigenvalue weighted by atomic mass is 16.3. The van der Waals surface area contributed by atoms with Crippen LogP contribution in [0.5, 0.6) is 0 Å². The molecule has 0 spiro atoms. The van der Waals surface area contributed by atoms with Crippen LogP contribution in [0.2, 0.25) is 0 Å². The molecule has 98 valence electrons. The summed E-state index contributed by atoms with van der Waals surface area (Å²) in [4.78, 5) is 0. The molecule has 2 aromatic heterocycles. The molecule has 5 heteroatoms. The number of benzene rings is 1. The standard InChI is InChI=1S/C14H16N4O/c1-2-7-18-11(9-16-17-18)14(15)13-8-10-5-3-4-6-12(10)19-13/h3-6,8-9,14H,2,7,15H2,1H3. The van der Waals surface area contributed by atoms with Gasteiger partial charge in [-0.25, -0.2) is 4.68 Å². The lowest BCUT2D eigenvalue weighted by Crippen LogP contribution is -2.17. The van der Waals surface area contributed by atoms with Gasteiger partial charge in [0.2, 0.25) is 0 Å². The van der Waals surface area contributed by atoms with Crippen molar-refractivity contribution < 1.29 is 4.42 Å². The third-order valence-electron chi connectivity index (χ3n) is 3.15. The molecule has 5 nitrogen and oxygen atoms in total. The number of rotatable bonds is 4. The fraction of sp³-hybridized carbons (Fsp3) is 0.286. The van der Waals surface area contributed by atoms with Crippen LogP contribution in [0.15, 0.2) is 40.9 Å². The van der Waals surface area contributed by atoms with Gasteiger partial charge in [-0.3, -0.25) is 0 Å². The zero-order valence-electron chi connectivity index (χ0n) is 10.8. The first-order chi connectivity index (χ1) is 9.29. The molecule has 0 amide bonds. The molecule has 2 heterocycles. The van der Waals surface area contributed by atoms with Gasteiger partial charge in [0.25, 0.3) is 0 Å². The summed E-state index contributed by atoms with van der Waals surface area (Å²) in [5.41, 5.74) is 7.99. The number of fused-ring (bicyclic) bond motifs is 1. The van der Waals surface area contributed by atoms with Crippen molar-refractivity contribution in [1.29, 1.82) is 0 Å². The van der Waals surface area contributed by atoms with Gasteiger partial charge >= 0.3 is 0 Å². The van der Waals surface area contributed by atoms with Crippen molar-refractivity contribution in [3.63, 3.8) is 0 Å². The number of aromatic nitrogens is 3. The van der Waals surface area contributed by atoms with Crippen LogP contribution in [0.3, 0.4) is 0 Å². The van der Waals surface area contributed by atoms with Gasteiger partial charge in [0.1, 0.15) is 17.4 Å². The molecule has 0 aliphatic heterocycles. The lowest BCUT2D eigenvalue weighted by atomic mass is 10.1. The summed E-state index contributed by atoms with van der Waals surface area (Å²) in [6, 6.07) is 9.52. The largest absolute Gasteiger partial charge is 0.459 e. The van der Waals surface area contributed by atoms with Crippen molar-refractivity contribution in [1.82, 2.24) is 15.0 Å². The Kier molecular flexibility index (Phi) is 3.05. The second-order valence-electron chi connectivity index (χ2n) is 4.55. The Hall–Kier alpha value is -2.14. The molecule has 0 saturated heterocycles. The van der Waals surface area contributed by atoms with Crippen LogP contribution >= 0.6 is 0 Å². The van der Waals surface area contributed by atoms with Gasteiger partial charge < -0.3 is 10.2 Å². The van der Waals surface area contributed by atoms with Crippen LogP contribution in [0.1, 0.15) is 30.8 Å². The average Bonchev–Trinajstić information content (AvgIpc) is 3.04. The van der Waals surface area contributed by atoms with E-state index in [0.29, 0.717) is 0 Å². The maximum atomic E-state index is 6.26. The molecule has 19 heavy (non-hydrogen) atoms. The highest BCUT2D eigenvalue weighted by Crippen LogP contribution is 2.26. The highest BCUT2D eigenvalue weighted by Gasteiger charge is 2.18. The van der Waals surface area contributed by atoms with Gasteiger partial charge in [0.05, 0.1) is 11.9 Å². The second kappa shape index (κ2) is 4.85. The van der Waals surface area contributed by atoms with E-state index < -0.39 is 0 Å². The van der Waals surface area contributed by atoms with Crippen molar-refractivity contribution in [3.05, 3.63) is 48.0 Å². The number of furan rings is 1. The normalized spacial score (nSPS) is 12.9. The topological polar surface area (TPSA) is 69.9 Å². The summed E-state index contributed by atoms with van der Waals surface area (Å²) < 4.78 is 7.62. The molecule has 0 aliphatic rings. The molecule has 1 aromatic carbocycles. The summed E-state index contributed by atoms with van der Waals surface area (Å²) in [5.74, 6) is 0.737. The van der Waals surface area contributed by atoms with Crippen molar-refractivity contribution in [2.24, 2.45) is 5.73 Å². The Morgan fingerprint density at radius 1 is 1.37 bits per heavy atom. The third-order valence-corrected chi connectivity index (χ3v) is 3.15. The Labute approximate surface area is 111 Å². The molecule has 0 aliphatic carbocycles. The van der Waals surface area contributed by atoms with Crippen molar-refractivity contribution in [2.45, 2.75) is 25.9 Å². The van der Waals surface area contributed by atoms with E-state index in [1.165, 1.54) is 0 Å². The zero-order valence-corrected chi connectivity index (χ0v) is 10.8. The fourth-order valence-electron chi connectivity index (χ4n) is 2.19. The second-order valence-corrected chi connectivity index (χ2v) is 4.55. The van der Waals surface area contributed by atoms with Crippen LogP contribution in [0, 0.1) is 0 Å². The molecule has 3 rings (SSSR count). The quantitative estimate of drug-likeness (QED) is 0.778. The van der Waals surface area contributed by atoms with Crippen LogP contribution in [-0.4, -0.2) is 15.0 Å². The molecule has 0 radical (unpaired) electrons. The predicted molar refractivity (Wildman–Crippen MR) is 72.6 cm³/mol. The number of nitrogens with zero attached hydrogens (tertiary/aromatic N) is 3. The fourth-order valence-corrected chi connectivity index (χ4v) is 2.19. The molecular weight excluding hydrogens is 240 g/mol. The summed E-state index contributed by atoms with van der Waals surface area (Å²) in [5, 5.41) is 9.04. The first-order valence-corrected chi connectivity index (χ1v) is 6.42. The molecule has 0 saturated carbocycles. The van der Waals surface area contributed by atoms with Gasteiger partial charge in [0, 0.05) is 11.9 Å². The predicted octanol–water partition coefficient (Wildman–Crippen LogP) is 2.48. The monoisotopic (exact) mass is 256 g/mol. The Morgan fingerprint density at radius 3 is 3.00 bits per heavy atom. The first kappa shape index (κ1) is 11.9. The van der Waals surface area contributed by atoms with Gasteiger partial charge in [0.15, 0.2) is 0 Å². The van der Waals surface area contributed by atoms with E-state index in [9.17, 15) is 0 Å². The third kappa shape index (κ3) is 2.13. The van der Waals surface area contributed by atoms with E-state index in [4.69, 9.17) is 10.2 Å². The zero-order chi connectivity index (χ0) is 13.2. The minimum absolute atomic E-state index is 0.339. The van der Waals surface area contributed by atoms with Crippen molar-refractivity contribution in [3.8, 4) is 0 Å². The van der Waals surface area contributed by atoms with Gasteiger partial charge in [-0.15, -0.1) is 5.10 Å². The maximum Gasteiger partial charge on any atom is 0.134 e. The molecule has 0 fully saturated rings. The molecule has 1 atom stereocenters. The number of hydrogen-bond acceptors (Lipinski definition) is 4. The van der Waals surface area contributed by atoms with E-state index in [1.54, 1.807) is 6.20 Å². The number of para-hydroxylation sites is 1. The Morgan fingerprint density at radius 2 is 2.21 bits per heavy atom. The average molecular weight is 256 g/mol. The SMILES string of the molecule is CCCn1nncc1C(N)c1cc2ccccc2o1. The Balaban J connectivity index is 1.98. The van der Waals surface area contributed by atoms with Gasteiger partial charge in [-0.1, -0.05) is 30.3 Å². The highest BCUT2D eigenvalue weighted by molar-refractivity contribution is 5.77. The van der Waals surface area contributed by atoms with Gasteiger partial charge in [-0.2, -0.15) is 0 Å². The molecule has 0 bridgehead atoms. The van der Waals surface area contributed by atoms with Crippen LogP contribution in [0.25, 0.3) is 11.0 Å². The number of hydrogen-bond donors (Lipinski definition) is 1. The van der Waals surface area contributed by atoms with Crippen molar-refractivity contribution in [2.75, 3.05) is 0 Å². The van der Waals surface area contributed by atoms with Crippen LogP contribution in [-0.2, 0) is 6.54 Å². The summed E-state index contributed by atoms with van der Waals surface area (Å²) in [6.45, 7) is 2.90. The van der Waals surface area contributed by atoms with E-state index in [0.717, 1.165) is 35.4 Å². The summed E-state index contributed by atoms with van der Waals surface area (Å²) in [7, 11) is 0. The Bertz CT molecular complexity index is 652. The van der Waals surface area contributed by atoms with E-state index in [-0.39, 0.29) is 6.04 Å². The molecule has 3 aromatic rings. The summed E-state index contributed by atoms with van der Waals surface area (Å²) in [6.07, 6.45) is 2.69. The minimum Gasteiger partial charge on any atom is -0.459 e. The first-order valence-electron chi connectivity index (χ1n) is 6.42. The van der Waals surface area contributed by atoms with E-state index >= 15 is 0 Å². The summed E-state index contributed by atoms with van der Waals surface area (Å²) >= 11 is 0. The minimum atomic E-state index is -0.339. The lowest BCUT2D eigenvalue weighted by Gasteiger charge is -2.10. The van der Waals surface area contributed by atoms with E-state index in [2.05, 4.69) is 17.2 Å². The molecule has 1 unspecified atom stereocenters. The van der Waals surface area contributed by atoms with Crippen molar-refractivity contribution >= 4 is 11.0 Å². The number of nitrogens with two attached hydrogens (primary N) is 1. The van der Waals surface area contributed by atoms with Gasteiger partial charge in [-0.05, 0) is 18.6 Å². The van der Waals surface area contributed by atoms with E-state index in [1.807, 2.05) is 35.0 Å². The molecule has 2 N–H and O–H groups in total. The lowest BCUT2D eigenvalue weighted by molar-refractivity contribution is 0.489. The smallest absolute Gasteiger partial charge is 0.134 e.